The number of phenols is 1. The Morgan fingerprint density at radius 3 is 2.55 bits per heavy atom. The first-order chi connectivity index (χ1) is 23.2. The first-order valence-corrected chi connectivity index (χ1v) is 20.7. The van der Waals surface area contributed by atoms with Gasteiger partial charge in [-0.15, -0.1) is 0 Å². The number of amides is 2. The minimum Gasteiger partial charge on any atom is -0.506 e. The SMILES string of the molecule is CN(CCCC(=O)Nc1cccc(CCNC[C@H](O[Si](C)(C)C(C)(C)C)c2ccc(O)c3[nH]c(=O)ccc23)c1)C(=O)CCN1CCCCC1. The third kappa shape index (κ3) is 11.3. The molecule has 0 unspecified atom stereocenters. The van der Waals surface area contributed by atoms with Crippen LogP contribution in [0.15, 0.2) is 53.3 Å². The molecule has 1 fully saturated rings. The number of hydrogen-bond donors (Lipinski definition) is 4. The highest BCUT2D eigenvalue weighted by atomic mass is 28.4. The average molecular weight is 692 g/mol. The molecular weight excluding hydrogens is 635 g/mol. The molecule has 0 bridgehead atoms. The van der Waals surface area contributed by atoms with Gasteiger partial charge in [-0.3, -0.25) is 14.4 Å². The normalized spacial score (nSPS) is 14.9. The summed E-state index contributed by atoms with van der Waals surface area (Å²) < 4.78 is 6.91. The number of nitrogens with one attached hydrogen (secondary N) is 3. The lowest BCUT2D eigenvalue weighted by Gasteiger charge is -2.39. The number of piperidine rings is 1. The summed E-state index contributed by atoms with van der Waals surface area (Å²) in [4.78, 5) is 44.2. The summed E-state index contributed by atoms with van der Waals surface area (Å²) in [6.45, 7) is 15.9. The molecule has 10 nitrogen and oxygen atoms in total. The number of nitrogens with zero attached hydrogens (tertiary/aromatic N) is 2. The number of aromatic amines is 1. The van der Waals surface area contributed by atoms with E-state index in [1.54, 1.807) is 17.0 Å². The van der Waals surface area contributed by atoms with E-state index in [0.29, 0.717) is 44.4 Å². The van der Waals surface area contributed by atoms with E-state index in [1.807, 2.05) is 31.3 Å². The Balaban J connectivity index is 1.28. The maximum atomic E-state index is 12.7. The number of rotatable bonds is 16. The number of carbonyl (C=O) groups excluding carboxylic acids is 2. The third-order valence-corrected chi connectivity index (χ3v) is 14.5. The van der Waals surface area contributed by atoms with Crippen LogP contribution in [-0.2, 0) is 20.4 Å². The summed E-state index contributed by atoms with van der Waals surface area (Å²) in [5, 5.41) is 17.8. The molecule has 1 atom stereocenters. The summed E-state index contributed by atoms with van der Waals surface area (Å²) in [6.07, 6.45) is 5.70. The molecule has 1 aromatic heterocycles. The number of likely N-dealkylation sites (tertiary alicyclic amines) is 1. The van der Waals surface area contributed by atoms with Gasteiger partial charge in [-0.1, -0.05) is 45.4 Å². The monoisotopic (exact) mass is 691 g/mol. The van der Waals surface area contributed by atoms with Gasteiger partial charge in [0, 0.05) is 56.7 Å². The minimum absolute atomic E-state index is 0.00285. The number of aromatic hydroxyl groups is 1. The van der Waals surface area contributed by atoms with Crippen molar-refractivity contribution in [1.82, 2.24) is 20.1 Å². The summed E-state index contributed by atoms with van der Waals surface area (Å²) in [7, 11) is -0.354. The predicted octanol–water partition coefficient (Wildman–Crippen LogP) is 6.18. The lowest BCUT2D eigenvalue weighted by Crippen LogP contribution is -2.43. The van der Waals surface area contributed by atoms with Gasteiger partial charge in [0.2, 0.25) is 17.4 Å². The Kier molecular flexibility index (Phi) is 13.6. The topological polar surface area (TPSA) is 127 Å². The van der Waals surface area contributed by atoms with Gasteiger partial charge in [0.25, 0.3) is 0 Å². The molecule has 1 aliphatic heterocycles. The molecule has 11 heteroatoms. The maximum absolute atomic E-state index is 12.7. The van der Waals surface area contributed by atoms with E-state index in [2.05, 4.69) is 60.4 Å². The molecule has 4 N–H and O–H groups in total. The number of fused-ring (bicyclic) bond motifs is 1. The van der Waals surface area contributed by atoms with Crippen molar-refractivity contribution in [3.8, 4) is 5.75 Å². The van der Waals surface area contributed by atoms with Crippen LogP contribution in [0.5, 0.6) is 5.75 Å². The predicted molar refractivity (Wildman–Crippen MR) is 201 cm³/mol. The Morgan fingerprint density at radius 1 is 1.06 bits per heavy atom. The number of hydrogen-bond acceptors (Lipinski definition) is 7. The van der Waals surface area contributed by atoms with Crippen LogP contribution in [0.2, 0.25) is 18.1 Å². The number of aromatic nitrogens is 1. The van der Waals surface area contributed by atoms with Crippen LogP contribution < -0.4 is 16.2 Å². The van der Waals surface area contributed by atoms with Crippen LogP contribution in [0.3, 0.4) is 0 Å². The van der Waals surface area contributed by atoms with Gasteiger partial charge in [0.15, 0.2) is 8.32 Å². The smallest absolute Gasteiger partial charge is 0.248 e. The zero-order valence-electron chi connectivity index (χ0n) is 30.4. The van der Waals surface area contributed by atoms with Gasteiger partial charge in [-0.05, 0) is 98.8 Å². The van der Waals surface area contributed by atoms with E-state index in [0.717, 1.165) is 48.3 Å². The van der Waals surface area contributed by atoms with E-state index in [1.165, 1.54) is 25.3 Å². The zero-order chi connectivity index (χ0) is 35.6. The van der Waals surface area contributed by atoms with Crippen LogP contribution in [0.1, 0.15) is 76.5 Å². The molecule has 49 heavy (non-hydrogen) atoms. The van der Waals surface area contributed by atoms with Crippen LogP contribution in [0.4, 0.5) is 5.69 Å². The van der Waals surface area contributed by atoms with Gasteiger partial charge in [0.05, 0.1) is 11.6 Å². The van der Waals surface area contributed by atoms with Gasteiger partial charge >= 0.3 is 0 Å². The molecular formula is C38H57N5O5Si. The van der Waals surface area contributed by atoms with Gasteiger partial charge < -0.3 is 34.9 Å². The molecule has 2 aromatic carbocycles. The molecule has 2 amide bonds. The highest BCUT2D eigenvalue weighted by Gasteiger charge is 2.39. The van der Waals surface area contributed by atoms with Crippen molar-refractivity contribution in [2.24, 2.45) is 0 Å². The Bertz CT molecular complexity index is 1610. The van der Waals surface area contributed by atoms with Crippen molar-refractivity contribution in [2.75, 3.05) is 51.6 Å². The highest BCUT2D eigenvalue weighted by Crippen LogP contribution is 2.41. The fraction of sp³-hybridized carbons (Fsp3) is 0.553. The van der Waals surface area contributed by atoms with Crippen LogP contribution in [0.25, 0.3) is 10.9 Å². The number of carbonyl (C=O) groups is 2. The van der Waals surface area contributed by atoms with Gasteiger partial charge in [-0.25, -0.2) is 0 Å². The molecule has 4 rings (SSSR count). The molecule has 268 valence electrons. The second-order valence-electron chi connectivity index (χ2n) is 14.9. The molecule has 3 aromatic rings. The first-order valence-electron chi connectivity index (χ1n) is 17.8. The van der Waals surface area contributed by atoms with Gasteiger partial charge in [0.1, 0.15) is 5.75 Å². The van der Waals surface area contributed by atoms with Crippen molar-refractivity contribution in [2.45, 2.75) is 90.0 Å². The van der Waals surface area contributed by atoms with Crippen molar-refractivity contribution in [3.05, 3.63) is 70.0 Å². The van der Waals surface area contributed by atoms with Gasteiger partial charge in [-0.2, -0.15) is 0 Å². The molecule has 0 spiro atoms. The molecule has 2 heterocycles. The summed E-state index contributed by atoms with van der Waals surface area (Å²) in [5.41, 5.74) is 2.92. The quantitative estimate of drug-likeness (QED) is 0.104. The second-order valence-corrected chi connectivity index (χ2v) is 19.7. The fourth-order valence-electron chi connectivity index (χ4n) is 6.01. The molecule has 0 aliphatic carbocycles. The zero-order valence-corrected chi connectivity index (χ0v) is 31.4. The van der Waals surface area contributed by atoms with E-state index in [4.69, 9.17) is 4.43 Å². The molecule has 1 aliphatic rings. The second kappa shape index (κ2) is 17.4. The number of anilines is 1. The van der Waals surface area contributed by atoms with Crippen molar-refractivity contribution >= 4 is 36.7 Å². The van der Waals surface area contributed by atoms with E-state index < -0.39 is 8.32 Å². The molecule has 0 radical (unpaired) electrons. The maximum Gasteiger partial charge on any atom is 0.248 e. The summed E-state index contributed by atoms with van der Waals surface area (Å²) >= 11 is 0. The van der Waals surface area contributed by atoms with Crippen molar-refractivity contribution in [3.63, 3.8) is 0 Å². The third-order valence-electron chi connectivity index (χ3n) is 10.0. The summed E-state index contributed by atoms with van der Waals surface area (Å²) in [6, 6.07) is 14.6. The highest BCUT2D eigenvalue weighted by molar-refractivity contribution is 6.74. The van der Waals surface area contributed by atoms with Crippen LogP contribution >= 0.6 is 0 Å². The average Bonchev–Trinajstić information content (AvgIpc) is 3.05. The van der Waals surface area contributed by atoms with Crippen LogP contribution in [-0.4, -0.2) is 86.3 Å². The lowest BCUT2D eigenvalue weighted by atomic mass is 10.0. The number of pyridine rings is 1. The summed E-state index contributed by atoms with van der Waals surface area (Å²) in [5.74, 6) is 0.110. The van der Waals surface area contributed by atoms with E-state index in [-0.39, 0.29) is 34.3 Å². The Labute approximate surface area is 292 Å². The molecule has 0 saturated carbocycles. The molecule has 1 saturated heterocycles. The number of benzene rings is 2. The fourth-order valence-corrected chi connectivity index (χ4v) is 7.29. The number of H-pyrrole nitrogens is 1. The largest absolute Gasteiger partial charge is 0.506 e. The lowest BCUT2D eigenvalue weighted by molar-refractivity contribution is -0.130. The van der Waals surface area contributed by atoms with Crippen LogP contribution in [0, 0.1) is 0 Å². The standard InChI is InChI=1S/C38H57N5O5Si/c1-38(2,3)49(5,6)48-33(30-15-17-32(44)37-31(30)16-18-35(46)41-37)27-39-21-19-28-12-10-13-29(26-28)40-34(45)14-11-22-42(4)36(47)20-25-43-23-8-7-9-24-43/h10,12-13,15-18,26,33,39,44H,7-9,11,14,19-25,27H2,1-6H3,(H,40,45)(H,41,46)/t33-/m0/s1. The minimum atomic E-state index is -2.18. The number of phenolic OH excluding ortho intramolecular Hbond substituents is 1. The van der Waals surface area contributed by atoms with Crippen molar-refractivity contribution in [1.29, 1.82) is 0 Å². The first kappa shape index (κ1) is 38.3. The van der Waals surface area contributed by atoms with E-state index in [9.17, 15) is 19.5 Å². The Hall–Kier alpha value is -3.51. The van der Waals surface area contributed by atoms with E-state index >= 15 is 0 Å². The van der Waals surface area contributed by atoms with Crippen molar-refractivity contribution < 1.29 is 19.1 Å². The Morgan fingerprint density at radius 2 is 1.82 bits per heavy atom.